The van der Waals surface area contributed by atoms with Crippen LogP contribution >= 0.6 is 0 Å². The van der Waals surface area contributed by atoms with E-state index in [0.717, 1.165) is 0 Å². The molecule has 9 nitrogen and oxygen atoms in total. The van der Waals surface area contributed by atoms with Crippen molar-refractivity contribution >= 4 is 12.0 Å². The van der Waals surface area contributed by atoms with Crippen LogP contribution in [0.2, 0.25) is 0 Å². The van der Waals surface area contributed by atoms with Crippen LogP contribution in [0.25, 0.3) is 0 Å². The Kier molecular flexibility index (Phi) is 5.24. The molecule has 0 radical (unpaired) electrons. The molecule has 0 aliphatic rings. The van der Waals surface area contributed by atoms with Gasteiger partial charge in [0.05, 0.1) is 6.04 Å². The van der Waals surface area contributed by atoms with E-state index in [0.29, 0.717) is 5.82 Å². The van der Waals surface area contributed by atoms with Crippen LogP contribution in [0.3, 0.4) is 0 Å². The van der Waals surface area contributed by atoms with Gasteiger partial charge in [-0.2, -0.15) is 0 Å². The molecule has 1 unspecified atom stereocenters. The zero-order valence-corrected chi connectivity index (χ0v) is 10.7. The van der Waals surface area contributed by atoms with Crippen molar-refractivity contribution in [2.24, 2.45) is 7.05 Å². The molecule has 0 aliphatic carbocycles. The van der Waals surface area contributed by atoms with Gasteiger partial charge in [0.15, 0.2) is 5.82 Å². The smallest absolute Gasteiger partial charge is 0.326 e. The average Bonchev–Trinajstić information content (AvgIpc) is 2.74. The number of aryl methyl sites for hydroxylation is 1. The number of carbonyl (C=O) groups excluding carboxylic acids is 1. The first-order valence-electron chi connectivity index (χ1n) is 5.70. The highest BCUT2D eigenvalue weighted by Gasteiger charge is 2.21. The van der Waals surface area contributed by atoms with Crippen LogP contribution in [-0.4, -0.2) is 49.6 Å². The summed E-state index contributed by atoms with van der Waals surface area (Å²) in [5.41, 5.74) is 0. The van der Waals surface area contributed by atoms with Crippen molar-refractivity contribution in [3.8, 4) is 0 Å². The summed E-state index contributed by atoms with van der Waals surface area (Å²) in [6.45, 7) is 1.38. The van der Waals surface area contributed by atoms with Crippen LogP contribution in [-0.2, 0) is 11.8 Å². The fraction of sp³-hybridized carbons (Fsp3) is 0.600. The number of carboxylic acids is 1. The number of hydrogen-bond acceptors (Lipinski definition) is 5. The summed E-state index contributed by atoms with van der Waals surface area (Å²) in [6.07, 6.45) is 1.44. The van der Waals surface area contributed by atoms with Gasteiger partial charge in [0, 0.05) is 20.1 Å². The number of hydrogen-bond donors (Lipinski definition) is 4. The minimum absolute atomic E-state index is 0.0545. The van der Waals surface area contributed by atoms with Gasteiger partial charge in [-0.15, -0.1) is 10.2 Å². The maximum absolute atomic E-state index is 11.6. The van der Waals surface area contributed by atoms with Crippen molar-refractivity contribution in [3.63, 3.8) is 0 Å². The van der Waals surface area contributed by atoms with E-state index >= 15 is 0 Å². The van der Waals surface area contributed by atoms with E-state index in [2.05, 4.69) is 20.8 Å². The SMILES string of the molecule is CC(NC(=O)N[C@@H](CCO)C(=O)O)c1nncn1C. The zero-order chi connectivity index (χ0) is 14.4. The Hall–Kier alpha value is -2.16. The molecule has 2 amide bonds. The van der Waals surface area contributed by atoms with Crippen molar-refractivity contribution in [2.75, 3.05) is 6.61 Å². The molecule has 1 aromatic rings. The Morgan fingerprint density at radius 1 is 1.47 bits per heavy atom. The normalized spacial score (nSPS) is 13.6. The number of nitrogens with one attached hydrogen (secondary N) is 2. The van der Waals surface area contributed by atoms with Crippen LogP contribution in [0.4, 0.5) is 4.79 Å². The average molecular weight is 271 g/mol. The topological polar surface area (TPSA) is 129 Å². The lowest BCUT2D eigenvalue weighted by atomic mass is 10.2. The Bertz CT molecular complexity index is 447. The predicted octanol–water partition coefficient (Wildman–Crippen LogP) is -0.989. The third kappa shape index (κ3) is 4.21. The minimum atomic E-state index is -1.20. The number of carboxylic acid groups (broad SMARTS) is 1. The quantitative estimate of drug-likeness (QED) is 0.525. The number of carbonyl (C=O) groups is 2. The molecule has 1 aromatic heterocycles. The molecule has 106 valence electrons. The highest BCUT2D eigenvalue weighted by Crippen LogP contribution is 2.06. The molecule has 2 atom stereocenters. The maximum Gasteiger partial charge on any atom is 0.326 e. The van der Waals surface area contributed by atoms with Crippen LogP contribution in [0, 0.1) is 0 Å². The number of aromatic nitrogens is 3. The van der Waals surface area contributed by atoms with Crippen molar-refractivity contribution in [3.05, 3.63) is 12.2 Å². The van der Waals surface area contributed by atoms with E-state index in [1.54, 1.807) is 18.5 Å². The van der Waals surface area contributed by atoms with Crippen molar-refractivity contribution in [2.45, 2.75) is 25.4 Å². The van der Waals surface area contributed by atoms with Gasteiger partial charge in [-0.05, 0) is 6.92 Å². The second-order valence-electron chi connectivity index (χ2n) is 4.04. The van der Waals surface area contributed by atoms with Gasteiger partial charge in [-0.3, -0.25) is 0 Å². The number of amides is 2. The van der Waals surface area contributed by atoms with Crippen molar-refractivity contribution in [1.82, 2.24) is 25.4 Å². The Labute approximate surface area is 109 Å². The van der Waals surface area contributed by atoms with Gasteiger partial charge in [0.2, 0.25) is 0 Å². The predicted molar refractivity (Wildman–Crippen MR) is 64.2 cm³/mol. The third-order valence-corrected chi connectivity index (χ3v) is 2.50. The molecule has 0 fully saturated rings. The lowest BCUT2D eigenvalue weighted by Crippen LogP contribution is -2.47. The van der Waals surface area contributed by atoms with Gasteiger partial charge in [0.25, 0.3) is 0 Å². The summed E-state index contributed by atoms with van der Waals surface area (Å²) in [5, 5.41) is 29.9. The summed E-state index contributed by atoms with van der Waals surface area (Å²) in [6, 6.07) is -2.19. The molecule has 1 heterocycles. The van der Waals surface area contributed by atoms with Crippen molar-refractivity contribution in [1.29, 1.82) is 0 Å². The van der Waals surface area contributed by atoms with Crippen LogP contribution in [0.15, 0.2) is 6.33 Å². The molecule has 0 aromatic carbocycles. The summed E-state index contributed by atoms with van der Waals surface area (Å²) in [7, 11) is 1.73. The van der Waals surface area contributed by atoms with Gasteiger partial charge < -0.3 is 25.4 Å². The summed E-state index contributed by atoms with van der Waals surface area (Å²) < 4.78 is 1.65. The van der Waals surface area contributed by atoms with E-state index in [4.69, 9.17) is 10.2 Å². The molecule has 4 N–H and O–H groups in total. The molecule has 9 heteroatoms. The Morgan fingerprint density at radius 2 is 2.16 bits per heavy atom. The molecule has 0 spiro atoms. The molecule has 19 heavy (non-hydrogen) atoms. The van der Waals surface area contributed by atoms with Crippen molar-refractivity contribution < 1.29 is 19.8 Å². The number of aliphatic hydroxyl groups is 1. The number of aliphatic hydroxyl groups excluding tert-OH is 1. The molecule has 0 bridgehead atoms. The lowest BCUT2D eigenvalue weighted by Gasteiger charge is -2.17. The molecule has 1 rings (SSSR count). The monoisotopic (exact) mass is 271 g/mol. The van der Waals surface area contributed by atoms with Gasteiger partial charge in [-0.25, -0.2) is 9.59 Å². The summed E-state index contributed by atoms with van der Waals surface area (Å²) in [5.74, 6) is -0.653. The Balaban J connectivity index is 2.55. The third-order valence-electron chi connectivity index (χ3n) is 2.50. The van der Waals surface area contributed by atoms with E-state index in [1.165, 1.54) is 6.33 Å². The first kappa shape index (κ1) is 14.9. The lowest BCUT2D eigenvalue weighted by molar-refractivity contribution is -0.139. The fourth-order valence-electron chi connectivity index (χ4n) is 1.53. The molecule has 0 saturated carbocycles. The van der Waals surface area contributed by atoms with Crippen LogP contribution < -0.4 is 10.6 Å². The van der Waals surface area contributed by atoms with Crippen LogP contribution in [0.1, 0.15) is 25.2 Å². The molecular formula is C10H17N5O4. The largest absolute Gasteiger partial charge is 0.480 e. The van der Waals surface area contributed by atoms with Gasteiger partial charge in [-0.1, -0.05) is 0 Å². The summed E-state index contributed by atoms with van der Waals surface area (Å²) >= 11 is 0. The molecular weight excluding hydrogens is 254 g/mol. The minimum Gasteiger partial charge on any atom is -0.480 e. The number of nitrogens with zero attached hydrogens (tertiary/aromatic N) is 3. The van der Waals surface area contributed by atoms with E-state index in [1.807, 2.05) is 0 Å². The highest BCUT2D eigenvalue weighted by atomic mass is 16.4. The maximum atomic E-state index is 11.6. The van der Waals surface area contributed by atoms with E-state index in [9.17, 15) is 9.59 Å². The summed E-state index contributed by atoms with van der Waals surface area (Å²) in [4.78, 5) is 22.4. The number of urea groups is 1. The first-order chi connectivity index (χ1) is 8.95. The van der Waals surface area contributed by atoms with Gasteiger partial charge in [0.1, 0.15) is 12.4 Å². The van der Waals surface area contributed by atoms with Gasteiger partial charge >= 0.3 is 12.0 Å². The zero-order valence-electron chi connectivity index (χ0n) is 10.7. The standard InChI is InChI=1S/C10H17N5O4/c1-6(8-14-11-5-15(8)2)12-10(19)13-7(3-4-16)9(17)18/h5-7,16H,3-4H2,1-2H3,(H,17,18)(H2,12,13,19)/t6?,7-/m0/s1. The number of rotatable bonds is 6. The van der Waals surface area contributed by atoms with E-state index in [-0.39, 0.29) is 13.0 Å². The van der Waals surface area contributed by atoms with Crippen LogP contribution in [0.5, 0.6) is 0 Å². The second-order valence-corrected chi connectivity index (χ2v) is 4.04. The first-order valence-corrected chi connectivity index (χ1v) is 5.70. The van der Waals surface area contributed by atoms with E-state index < -0.39 is 24.1 Å². The number of aliphatic carboxylic acids is 1. The second kappa shape index (κ2) is 6.69. The Morgan fingerprint density at radius 3 is 2.63 bits per heavy atom. The molecule has 0 saturated heterocycles. The molecule has 0 aliphatic heterocycles. The highest BCUT2D eigenvalue weighted by molar-refractivity contribution is 5.82. The fourth-order valence-corrected chi connectivity index (χ4v) is 1.53.